The van der Waals surface area contributed by atoms with Gasteiger partial charge in [0.2, 0.25) is 0 Å². The van der Waals surface area contributed by atoms with Crippen LogP contribution in [0.15, 0.2) is 58.1 Å². The van der Waals surface area contributed by atoms with Crippen LogP contribution in [0.2, 0.25) is 0 Å². The highest BCUT2D eigenvalue weighted by Gasteiger charge is 2.28. The Hall–Kier alpha value is -3.43. The Morgan fingerprint density at radius 2 is 1.84 bits per heavy atom. The summed E-state index contributed by atoms with van der Waals surface area (Å²) in [6, 6.07) is 8.18. The molecule has 204 valence electrons. The number of halogens is 1. The number of nitrogens with zero attached hydrogens (tertiary/aromatic N) is 1. The Bertz CT molecular complexity index is 1420. The van der Waals surface area contributed by atoms with Crippen molar-refractivity contribution >= 4 is 21.9 Å². The second-order valence-electron chi connectivity index (χ2n) is 9.17. The quantitative estimate of drug-likeness (QED) is 0.233. The summed E-state index contributed by atoms with van der Waals surface area (Å²) in [6.07, 6.45) is 4.87. The van der Waals surface area contributed by atoms with Gasteiger partial charge in [-0.25, -0.2) is 17.6 Å². The molecule has 0 atom stereocenters. The number of furan rings is 1. The largest absolute Gasteiger partial charge is 0.506 e. The van der Waals surface area contributed by atoms with Crippen LogP contribution >= 0.6 is 0 Å². The number of carbonyl (C=O) groups excluding carboxylic acids is 1. The van der Waals surface area contributed by atoms with Gasteiger partial charge >= 0.3 is 5.97 Å². The number of sulfone groups is 1. The van der Waals surface area contributed by atoms with Crippen LogP contribution in [0.25, 0.3) is 17.2 Å². The van der Waals surface area contributed by atoms with E-state index in [1.54, 1.807) is 24.3 Å². The van der Waals surface area contributed by atoms with Gasteiger partial charge in [-0.1, -0.05) is 52.0 Å². The fourth-order valence-corrected chi connectivity index (χ4v) is 5.88. The summed E-state index contributed by atoms with van der Waals surface area (Å²) in [7, 11) is -2.91. The highest BCUT2D eigenvalue weighted by Crippen LogP contribution is 2.40. The Labute approximate surface area is 223 Å². The van der Waals surface area contributed by atoms with Crippen LogP contribution in [0.1, 0.15) is 60.9 Å². The third-order valence-electron chi connectivity index (χ3n) is 6.37. The summed E-state index contributed by atoms with van der Waals surface area (Å²) in [5.74, 6) is -1.81. The second-order valence-corrected chi connectivity index (χ2v) is 11.1. The minimum atomic E-state index is -4.06. The molecule has 0 spiro atoms. The number of hydrogen-bond donors (Lipinski definition) is 1. The molecular weight excluding hydrogens is 509 g/mol. The molecule has 0 saturated carbocycles. The van der Waals surface area contributed by atoms with Gasteiger partial charge in [0.05, 0.1) is 24.0 Å². The van der Waals surface area contributed by atoms with E-state index in [0.717, 1.165) is 26.3 Å². The summed E-state index contributed by atoms with van der Waals surface area (Å²) in [4.78, 5) is 14.8. The molecule has 0 bridgehead atoms. The second kappa shape index (κ2) is 12.4. The summed E-state index contributed by atoms with van der Waals surface area (Å²) in [5.41, 5.74) is 0.944. The minimum Gasteiger partial charge on any atom is -0.506 e. The van der Waals surface area contributed by atoms with Gasteiger partial charge in [0.1, 0.15) is 22.9 Å². The van der Waals surface area contributed by atoms with Crippen LogP contribution in [0.3, 0.4) is 0 Å². The van der Waals surface area contributed by atoms with E-state index in [1.807, 2.05) is 27.7 Å². The number of benzene rings is 2. The molecule has 2 aromatic carbocycles. The van der Waals surface area contributed by atoms with E-state index in [1.165, 1.54) is 24.5 Å². The lowest BCUT2D eigenvalue weighted by Crippen LogP contribution is -2.22. The van der Waals surface area contributed by atoms with Crippen molar-refractivity contribution in [1.82, 2.24) is 4.90 Å². The van der Waals surface area contributed by atoms with Crippen LogP contribution in [0.4, 0.5) is 4.39 Å². The lowest BCUT2D eigenvalue weighted by atomic mass is 9.95. The maximum atomic E-state index is 14.1. The first-order chi connectivity index (χ1) is 18.0. The number of methoxy groups -OCH3 is 1. The number of ether oxygens (including phenoxy) is 1. The van der Waals surface area contributed by atoms with Gasteiger partial charge in [-0.2, -0.15) is 0 Å². The molecule has 0 aliphatic carbocycles. The number of esters is 1. The number of aromatic hydroxyl groups is 1. The van der Waals surface area contributed by atoms with Crippen molar-refractivity contribution in [2.24, 2.45) is 0 Å². The van der Waals surface area contributed by atoms with Crippen molar-refractivity contribution in [2.75, 3.05) is 26.7 Å². The van der Waals surface area contributed by atoms with E-state index in [2.05, 4.69) is 4.90 Å². The SMILES string of the molecule is CCN(CC)C/C=C\c1cc(F)ccc1S(=O)(=O)Cc1ccc(-c2ccoc2C(C)C)c(O)c1C(=O)OC. The zero-order valence-corrected chi connectivity index (χ0v) is 23.1. The maximum Gasteiger partial charge on any atom is 0.341 e. The molecule has 0 aliphatic rings. The standard InChI is InChI=1S/C29H34FNO6S/c1-6-31(7-2)15-8-9-20-17-22(30)11-13-25(20)38(34,35)18-21-10-12-23(27(32)26(21)29(33)36-5)24-14-16-37-28(24)19(3)4/h8-14,16-17,19,32H,6-7,15,18H2,1-5H3/b9-8-. The van der Waals surface area contributed by atoms with Crippen molar-refractivity contribution in [2.45, 2.75) is 44.3 Å². The van der Waals surface area contributed by atoms with Crippen molar-refractivity contribution in [3.8, 4) is 16.9 Å². The van der Waals surface area contributed by atoms with E-state index >= 15 is 0 Å². The molecule has 9 heteroatoms. The highest BCUT2D eigenvalue weighted by atomic mass is 32.2. The number of hydrogen-bond acceptors (Lipinski definition) is 7. The van der Waals surface area contributed by atoms with E-state index in [9.17, 15) is 22.7 Å². The first kappa shape index (κ1) is 29.1. The number of phenolic OH excluding ortho intramolecular Hbond substituents is 1. The lowest BCUT2D eigenvalue weighted by Gasteiger charge is -2.16. The fourth-order valence-electron chi connectivity index (χ4n) is 4.32. The molecule has 0 amide bonds. The first-order valence-corrected chi connectivity index (χ1v) is 14.1. The predicted octanol–water partition coefficient (Wildman–Crippen LogP) is 6.03. The van der Waals surface area contributed by atoms with Gasteiger partial charge < -0.3 is 19.2 Å². The Balaban J connectivity index is 2.06. The van der Waals surface area contributed by atoms with Crippen LogP contribution in [-0.2, 0) is 20.3 Å². The fraction of sp³-hybridized carbons (Fsp3) is 0.345. The van der Waals surface area contributed by atoms with Gasteiger partial charge in [-0.05, 0) is 48.5 Å². The molecule has 1 aromatic heterocycles. The normalized spacial score (nSPS) is 12.1. The number of phenols is 1. The number of rotatable bonds is 11. The zero-order valence-electron chi connectivity index (χ0n) is 22.3. The molecule has 0 unspecified atom stereocenters. The molecule has 3 rings (SSSR count). The molecular formula is C29H34FNO6S. The van der Waals surface area contributed by atoms with Crippen LogP contribution in [-0.4, -0.2) is 51.1 Å². The van der Waals surface area contributed by atoms with E-state index < -0.39 is 33.1 Å². The van der Waals surface area contributed by atoms with Gasteiger partial charge in [0.15, 0.2) is 9.84 Å². The third-order valence-corrected chi connectivity index (χ3v) is 8.10. The molecule has 0 aliphatic heterocycles. The molecule has 0 radical (unpaired) electrons. The van der Waals surface area contributed by atoms with Crippen molar-refractivity contribution in [3.63, 3.8) is 0 Å². The van der Waals surface area contributed by atoms with Gasteiger partial charge in [0, 0.05) is 23.6 Å². The Morgan fingerprint density at radius 3 is 2.47 bits per heavy atom. The topological polar surface area (TPSA) is 97.0 Å². The summed E-state index contributed by atoms with van der Waals surface area (Å²) in [6.45, 7) is 10.1. The monoisotopic (exact) mass is 543 g/mol. The van der Waals surface area contributed by atoms with Crippen LogP contribution < -0.4 is 0 Å². The maximum absolute atomic E-state index is 14.1. The smallest absolute Gasteiger partial charge is 0.341 e. The van der Waals surface area contributed by atoms with Crippen molar-refractivity contribution in [1.29, 1.82) is 0 Å². The molecule has 0 fully saturated rings. The van der Waals surface area contributed by atoms with Gasteiger partial charge in [0.25, 0.3) is 0 Å². The molecule has 3 aromatic rings. The van der Waals surface area contributed by atoms with Crippen LogP contribution in [0, 0.1) is 5.82 Å². The highest BCUT2D eigenvalue weighted by molar-refractivity contribution is 7.90. The Morgan fingerprint density at radius 1 is 1.13 bits per heavy atom. The minimum absolute atomic E-state index is 0.00714. The van der Waals surface area contributed by atoms with E-state index in [0.29, 0.717) is 23.4 Å². The summed E-state index contributed by atoms with van der Waals surface area (Å²) in [5, 5.41) is 11.1. The predicted molar refractivity (Wildman–Crippen MR) is 145 cm³/mol. The first-order valence-electron chi connectivity index (χ1n) is 12.5. The molecule has 1 N–H and O–H groups in total. The number of likely N-dealkylation sites (N-methyl/N-ethyl adjacent to an activating group) is 1. The Kier molecular flexibility index (Phi) is 9.51. The van der Waals surface area contributed by atoms with Gasteiger partial charge in [-0.15, -0.1) is 0 Å². The van der Waals surface area contributed by atoms with Crippen LogP contribution in [0.5, 0.6) is 5.75 Å². The van der Waals surface area contributed by atoms with Gasteiger partial charge in [-0.3, -0.25) is 0 Å². The molecule has 38 heavy (non-hydrogen) atoms. The summed E-state index contributed by atoms with van der Waals surface area (Å²) < 4.78 is 51.6. The average Bonchev–Trinajstić information content (AvgIpc) is 3.36. The number of carbonyl (C=O) groups is 1. The van der Waals surface area contributed by atoms with E-state index in [-0.39, 0.29) is 27.5 Å². The molecule has 0 saturated heterocycles. The molecule has 7 nitrogen and oxygen atoms in total. The van der Waals surface area contributed by atoms with E-state index in [4.69, 9.17) is 9.15 Å². The lowest BCUT2D eigenvalue weighted by molar-refractivity contribution is 0.0596. The average molecular weight is 544 g/mol. The zero-order chi connectivity index (χ0) is 28.0. The van der Waals surface area contributed by atoms with Crippen molar-refractivity contribution < 1.29 is 31.9 Å². The molecule has 1 heterocycles. The summed E-state index contributed by atoms with van der Waals surface area (Å²) >= 11 is 0. The third kappa shape index (κ3) is 6.34. The van der Waals surface area contributed by atoms with Crippen molar-refractivity contribution in [3.05, 3.63) is 77.0 Å².